The number of hydrogen-bond acceptors (Lipinski definition) is 5. The zero-order chi connectivity index (χ0) is 20.5. The molecular weight excluding hydrogens is 386 g/mol. The second-order valence-corrected chi connectivity index (χ2v) is 8.02. The number of likely N-dealkylation sites (tertiary alicyclic amines) is 1. The number of halogens is 1. The van der Waals surface area contributed by atoms with Gasteiger partial charge >= 0.3 is 6.09 Å². The number of aromatic nitrogens is 2. The number of amides is 3. The van der Waals surface area contributed by atoms with E-state index in [-0.39, 0.29) is 18.1 Å². The molecule has 2 aromatic heterocycles. The van der Waals surface area contributed by atoms with Crippen molar-refractivity contribution in [2.75, 3.05) is 13.1 Å². The van der Waals surface area contributed by atoms with Gasteiger partial charge in [-0.05, 0) is 39.3 Å². The molecular formula is C18H22ClN5O4. The van der Waals surface area contributed by atoms with E-state index in [1.54, 1.807) is 32.9 Å². The van der Waals surface area contributed by atoms with Gasteiger partial charge in [-0.2, -0.15) is 0 Å². The summed E-state index contributed by atoms with van der Waals surface area (Å²) in [5, 5.41) is 1.06. The van der Waals surface area contributed by atoms with Crippen molar-refractivity contribution >= 4 is 40.4 Å². The first-order valence-electron chi connectivity index (χ1n) is 8.85. The number of fused-ring (bicyclic) bond motifs is 1. The van der Waals surface area contributed by atoms with Crippen molar-refractivity contribution in [3.63, 3.8) is 0 Å². The molecule has 3 N–H and O–H groups in total. The number of ether oxygens (including phenoxy) is 1. The molecule has 1 fully saturated rings. The highest BCUT2D eigenvalue weighted by Gasteiger charge is 2.33. The molecule has 0 spiro atoms. The highest BCUT2D eigenvalue weighted by molar-refractivity contribution is 6.30. The second kappa shape index (κ2) is 7.67. The van der Waals surface area contributed by atoms with Crippen LogP contribution in [0.3, 0.4) is 0 Å². The van der Waals surface area contributed by atoms with Gasteiger partial charge in [0.15, 0.2) is 0 Å². The first-order chi connectivity index (χ1) is 13.1. The summed E-state index contributed by atoms with van der Waals surface area (Å²) in [6, 6.07) is 3.25. The molecule has 0 aliphatic carbocycles. The molecule has 28 heavy (non-hydrogen) atoms. The Hall–Kier alpha value is -2.81. The highest BCUT2D eigenvalue weighted by Crippen LogP contribution is 2.20. The predicted octanol–water partition coefficient (Wildman–Crippen LogP) is 2.23. The quantitative estimate of drug-likeness (QED) is 0.521. The van der Waals surface area contributed by atoms with E-state index >= 15 is 0 Å². The molecule has 1 unspecified atom stereocenters. The van der Waals surface area contributed by atoms with Crippen molar-refractivity contribution in [1.29, 1.82) is 0 Å². The van der Waals surface area contributed by atoms with Crippen LogP contribution in [0.25, 0.3) is 10.9 Å². The molecule has 3 rings (SSSR count). The second-order valence-electron chi connectivity index (χ2n) is 7.63. The van der Waals surface area contributed by atoms with E-state index in [0.717, 1.165) is 5.39 Å². The number of nitrogens with one attached hydrogen (secondary N) is 3. The molecule has 10 heteroatoms. The number of pyridine rings is 1. The summed E-state index contributed by atoms with van der Waals surface area (Å²) >= 11 is 5.83. The molecule has 0 radical (unpaired) electrons. The van der Waals surface area contributed by atoms with Crippen LogP contribution in [-0.2, 0) is 9.53 Å². The predicted molar refractivity (Wildman–Crippen MR) is 103 cm³/mol. The third-order valence-corrected chi connectivity index (χ3v) is 4.43. The first-order valence-corrected chi connectivity index (χ1v) is 9.22. The topological polar surface area (TPSA) is 116 Å². The van der Waals surface area contributed by atoms with Crippen molar-refractivity contribution in [3.05, 3.63) is 29.2 Å². The molecule has 2 aromatic rings. The fourth-order valence-corrected chi connectivity index (χ4v) is 3.05. The minimum Gasteiger partial charge on any atom is -0.444 e. The number of nitrogens with zero attached hydrogens (tertiary/aromatic N) is 2. The molecule has 3 heterocycles. The summed E-state index contributed by atoms with van der Waals surface area (Å²) in [6.07, 6.45) is 1.58. The van der Waals surface area contributed by atoms with Crippen molar-refractivity contribution in [2.24, 2.45) is 5.92 Å². The lowest BCUT2D eigenvalue weighted by atomic mass is 10.1. The molecule has 0 aromatic carbocycles. The van der Waals surface area contributed by atoms with E-state index in [1.807, 2.05) is 0 Å². The fraction of sp³-hybridized carbons (Fsp3) is 0.444. The maximum absolute atomic E-state index is 12.3. The molecule has 1 saturated heterocycles. The van der Waals surface area contributed by atoms with Crippen molar-refractivity contribution in [1.82, 2.24) is 25.7 Å². The Bertz CT molecular complexity index is 920. The van der Waals surface area contributed by atoms with Gasteiger partial charge in [0.2, 0.25) is 5.91 Å². The molecule has 0 bridgehead atoms. The van der Waals surface area contributed by atoms with E-state index < -0.39 is 23.5 Å². The lowest BCUT2D eigenvalue weighted by Gasteiger charge is -2.24. The van der Waals surface area contributed by atoms with E-state index in [4.69, 9.17) is 16.3 Å². The van der Waals surface area contributed by atoms with Crippen LogP contribution in [0.4, 0.5) is 4.79 Å². The molecule has 9 nitrogen and oxygen atoms in total. The maximum atomic E-state index is 12.3. The molecule has 1 aliphatic rings. The van der Waals surface area contributed by atoms with E-state index in [0.29, 0.717) is 23.6 Å². The third-order valence-electron chi connectivity index (χ3n) is 4.23. The number of hydrazine groups is 1. The molecule has 3 amide bonds. The Labute approximate surface area is 166 Å². The van der Waals surface area contributed by atoms with Gasteiger partial charge in [0.05, 0.1) is 17.6 Å². The number of aromatic amines is 1. The van der Waals surface area contributed by atoms with Crippen LogP contribution in [0.1, 0.15) is 37.7 Å². The number of hydrogen-bond donors (Lipinski definition) is 3. The van der Waals surface area contributed by atoms with Gasteiger partial charge in [0.25, 0.3) is 5.91 Å². The van der Waals surface area contributed by atoms with Gasteiger partial charge < -0.3 is 14.6 Å². The van der Waals surface area contributed by atoms with Crippen LogP contribution in [-0.4, -0.2) is 51.5 Å². The largest absolute Gasteiger partial charge is 0.444 e. The van der Waals surface area contributed by atoms with Crippen LogP contribution < -0.4 is 10.9 Å². The van der Waals surface area contributed by atoms with Gasteiger partial charge in [0.1, 0.15) is 16.4 Å². The standard InChI is InChI=1S/C18H22ClN5O4/c1-18(2,3)28-17(27)24-5-4-10(9-24)15(25)22-23-16(26)12-6-11-7-14(19)20-8-13(11)21-12/h6-8,10,21H,4-5,9H2,1-3H3,(H,22,25)(H,23,26). The fourth-order valence-electron chi connectivity index (χ4n) is 2.88. The summed E-state index contributed by atoms with van der Waals surface area (Å²) in [5.74, 6) is -1.28. The summed E-state index contributed by atoms with van der Waals surface area (Å²) in [6.45, 7) is 6.03. The van der Waals surface area contributed by atoms with Crippen LogP contribution in [0.15, 0.2) is 18.3 Å². The Kier molecular flexibility index (Phi) is 5.46. The van der Waals surface area contributed by atoms with E-state index in [9.17, 15) is 14.4 Å². The summed E-state index contributed by atoms with van der Waals surface area (Å²) < 4.78 is 5.31. The SMILES string of the molecule is CC(C)(C)OC(=O)N1CCC(C(=O)NNC(=O)c2cc3cc(Cl)ncc3[nH]2)C1. The minimum absolute atomic E-state index is 0.243. The van der Waals surface area contributed by atoms with E-state index in [1.165, 1.54) is 11.1 Å². The van der Waals surface area contributed by atoms with Crippen LogP contribution >= 0.6 is 11.6 Å². The Morgan fingerprint density at radius 3 is 2.75 bits per heavy atom. The molecule has 0 saturated carbocycles. The summed E-state index contributed by atoms with van der Waals surface area (Å²) in [7, 11) is 0. The van der Waals surface area contributed by atoms with Gasteiger partial charge in [-0.1, -0.05) is 11.6 Å². The average Bonchev–Trinajstić information content (AvgIpc) is 3.24. The Morgan fingerprint density at radius 2 is 2.04 bits per heavy atom. The van der Waals surface area contributed by atoms with Gasteiger partial charge in [-0.3, -0.25) is 20.4 Å². The lowest BCUT2D eigenvalue weighted by molar-refractivity contribution is -0.125. The van der Waals surface area contributed by atoms with Crippen LogP contribution in [0, 0.1) is 5.92 Å². The Morgan fingerprint density at radius 1 is 1.29 bits per heavy atom. The van der Waals surface area contributed by atoms with Crippen molar-refractivity contribution in [3.8, 4) is 0 Å². The average molecular weight is 408 g/mol. The van der Waals surface area contributed by atoms with Gasteiger partial charge in [0, 0.05) is 18.5 Å². The van der Waals surface area contributed by atoms with E-state index in [2.05, 4.69) is 20.8 Å². The number of H-pyrrole nitrogens is 1. The van der Waals surface area contributed by atoms with Gasteiger partial charge in [-0.15, -0.1) is 0 Å². The normalized spacial score (nSPS) is 16.9. The zero-order valence-electron chi connectivity index (χ0n) is 15.8. The Balaban J connectivity index is 1.52. The summed E-state index contributed by atoms with van der Waals surface area (Å²) in [4.78, 5) is 45.0. The molecule has 150 valence electrons. The maximum Gasteiger partial charge on any atom is 0.410 e. The van der Waals surface area contributed by atoms with Gasteiger partial charge in [-0.25, -0.2) is 9.78 Å². The lowest BCUT2D eigenvalue weighted by Crippen LogP contribution is -2.45. The zero-order valence-corrected chi connectivity index (χ0v) is 16.6. The monoisotopic (exact) mass is 407 g/mol. The number of carbonyl (C=O) groups excluding carboxylic acids is 3. The van der Waals surface area contributed by atoms with Crippen LogP contribution in [0.2, 0.25) is 5.15 Å². The number of rotatable bonds is 2. The third kappa shape index (κ3) is 4.72. The highest BCUT2D eigenvalue weighted by atomic mass is 35.5. The first kappa shape index (κ1) is 19.9. The smallest absolute Gasteiger partial charge is 0.410 e. The van der Waals surface area contributed by atoms with Crippen molar-refractivity contribution < 1.29 is 19.1 Å². The van der Waals surface area contributed by atoms with Crippen LogP contribution in [0.5, 0.6) is 0 Å². The molecule has 1 atom stereocenters. The van der Waals surface area contributed by atoms with Crippen molar-refractivity contribution in [2.45, 2.75) is 32.8 Å². The molecule has 1 aliphatic heterocycles. The summed E-state index contributed by atoms with van der Waals surface area (Å²) in [5.41, 5.74) is 5.11. The minimum atomic E-state index is -0.593. The number of carbonyl (C=O) groups is 3.